The number of ether oxygens (including phenoxy) is 1. The number of aryl methyl sites for hydroxylation is 1. The summed E-state index contributed by atoms with van der Waals surface area (Å²) in [5, 5.41) is 0. The van der Waals surface area contributed by atoms with E-state index < -0.39 is 16.2 Å². The van der Waals surface area contributed by atoms with Crippen molar-refractivity contribution in [2.75, 3.05) is 26.7 Å². The van der Waals surface area contributed by atoms with E-state index in [4.69, 9.17) is 8.92 Å². The van der Waals surface area contributed by atoms with Crippen LogP contribution in [0.3, 0.4) is 0 Å². The summed E-state index contributed by atoms with van der Waals surface area (Å²) in [5.41, 5.74) is 1.90. The van der Waals surface area contributed by atoms with E-state index in [-0.39, 0.29) is 4.90 Å². The van der Waals surface area contributed by atoms with Crippen molar-refractivity contribution in [3.8, 4) is 5.75 Å². The molecule has 5 rings (SSSR count). The van der Waals surface area contributed by atoms with E-state index >= 15 is 0 Å². The summed E-state index contributed by atoms with van der Waals surface area (Å²) in [6, 6.07) is 12.6. The van der Waals surface area contributed by atoms with Gasteiger partial charge in [-0.05, 0) is 104 Å². The average Bonchev–Trinajstić information content (AvgIpc) is 2.74. The largest absolute Gasteiger partial charge is 0.496 e. The zero-order valence-electron chi connectivity index (χ0n) is 17.4. The summed E-state index contributed by atoms with van der Waals surface area (Å²) >= 11 is 2.22. The van der Waals surface area contributed by atoms with Crippen LogP contribution < -0.4 is 4.74 Å². The van der Waals surface area contributed by atoms with Crippen LogP contribution in [0.2, 0.25) is 0 Å². The molecular formula is C23H28INO4S. The van der Waals surface area contributed by atoms with Crippen LogP contribution in [-0.2, 0) is 14.3 Å². The van der Waals surface area contributed by atoms with Crippen molar-refractivity contribution in [1.82, 2.24) is 4.90 Å². The molecule has 0 radical (unpaired) electrons. The number of fused-ring (bicyclic) bond motifs is 3. The smallest absolute Gasteiger partial charge is 0.297 e. The summed E-state index contributed by atoms with van der Waals surface area (Å²) in [4.78, 5) is 2.70. The summed E-state index contributed by atoms with van der Waals surface area (Å²) in [6.07, 6.45) is 2.58. The van der Waals surface area contributed by atoms with Gasteiger partial charge in [0.2, 0.25) is 0 Å². The van der Waals surface area contributed by atoms with Gasteiger partial charge in [-0.25, -0.2) is 0 Å². The lowest BCUT2D eigenvalue weighted by molar-refractivity contribution is 0.0254. The van der Waals surface area contributed by atoms with Gasteiger partial charge in [0.15, 0.2) is 0 Å². The van der Waals surface area contributed by atoms with Crippen LogP contribution in [0, 0.1) is 22.3 Å². The molecule has 30 heavy (non-hydrogen) atoms. The molecule has 3 aliphatic heterocycles. The van der Waals surface area contributed by atoms with Crippen LogP contribution in [0.25, 0.3) is 0 Å². The van der Waals surface area contributed by atoms with Gasteiger partial charge in [-0.2, -0.15) is 8.42 Å². The highest BCUT2D eigenvalue weighted by Crippen LogP contribution is 2.40. The molecule has 2 aromatic rings. The van der Waals surface area contributed by atoms with Gasteiger partial charge in [-0.15, -0.1) is 0 Å². The van der Waals surface area contributed by atoms with Crippen molar-refractivity contribution in [1.29, 1.82) is 0 Å². The molecule has 3 fully saturated rings. The monoisotopic (exact) mass is 541 g/mol. The fraction of sp³-hybridized carbons (Fsp3) is 0.478. The predicted octanol–water partition coefficient (Wildman–Crippen LogP) is 4.79. The molecule has 0 aliphatic carbocycles. The van der Waals surface area contributed by atoms with Gasteiger partial charge in [-0.1, -0.05) is 23.8 Å². The molecule has 0 N–H and O–H groups in total. The summed E-state index contributed by atoms with van der Waals surface area (Å²) < 4.78 is 38.4. The Morgan fingerprint density at radius 3 is 2.40 bits per heavy atom. The van der Waals surface area contributed by atoms with E-state index in [2.05, 4.69) is 27.5 Å². The van der Waals surface area contributed by atoms with Crippen LogP contribution in [0.15, 0.2) is 47.4 Å². The van der Waals surface area contributed by atoms with Gasteiger partial charge < -0.3 is 9.64 Å². The SMILES string of the molecule is COc1ccc([C@@H](CC2CN3CCC2CC3)OS(=O)(=O)c2ccc(C)cc2)cc1I. The van der Waals surface area contributed by atoms with Crippen LogP contribution >= 0.6 is 22.6 Å². The number of methoxy groups -OCH3 is 1. The fourth-order valence-corrected chi connectivity index (χ4v) is 6.49. The van der Waals surface area contributed by atoms with Crippen molar-refractivity contribution < 1.29 is 17.3 Å². The highest BCUT2D eigenvalue weighted by Gasteiger charge is 2.37. The molecule has 0 saturated carbocycles. The minimum Gasteiger partial charge on any atom is -0.496 e. The van der Waals surface area contributed by atoms with E-state index in [0.717, 1.165) is 40.1 Å². The first-order valence-corrected chi connectivity index (χ1v) is 12.9. The number of rotatable bonds is 7. The molecule has 1 unspecified atom stereocenters. The van der Waals surface area contributed by atoms with Crippen LogP contribution in [-0.4, -0.2) is 40.1 Å². The summed E-state index contributed by atoms with van der Waals surface area (Å²) in [5.74, 6) is 1.88. The molecule has 0 aromatic heterocycles. The summed E-state index contributed by atoms with van der Waals surface area (Å²) in [7, 11) is -2.22. The topological polar surface area (TPSA) is 55.8 Å². The molecule has 3 aliphatic rings. The van der Waals surface area contributed by atoms with Crippen LogP contribution in [0.4, 0.5) is 0 Å². The lowest BCUT2D eigenvalue weighted by Crippen LogP contribution is -2.47. The predicted molar refractivity (Wildman–Crippen MR) is 125 cm³/mol. The average molecular weight is 541 g/mol. The maximum Gasteiger partial charge on any atom is 0.297 e. The highest BCUT2D eigenvalue weighted by atomic mass is 127. The Hall–Kier alpha value is -1.16. The Bertz CT molecular complexity index is 985. The second-order valence-corrected chi connectivity index (χ2v) is 11.1. The number of benzene rings is 2. The first-order chi connectivity index (χ1) is 14.4. The second kappa shape index (κ2) is 9.14. The molecule has 7 heteroatoms. The van der Waals surface area contributed by atoms with E-state index in [1.54, 1.807) is 31.4 Å². The molecular weight excluding hydrogens is 513 g/mol. The van der Waals surface area contributed by atoms with Gasteiger partial charge in [0, 0.05) is 6.54 Å². The van der Waals surface area contributed by atoms with E-state index in [9.17, 15) is 8.42 Å². The standard InChI is InChI=1S/C23H28INO4S/c1-16-3-6-20(7-4-16)30(26,27)29-23(18-5-8-22(28-2)21(24)13-18)14-19-15-25-11-9-17(19)10-12-25/h3-8,13,17,19,23H,9-12,14-15H2,1-2H3/t19?,23-/m1/s1. The maximum atomic E-state index is 13.1. The Kier molecular flexibility index (Phi) is 6.72. The number of piperidine rings is 3. The summed E-state index contributed by atoms with van der Waals surface area (Å²) in [6.45, 7) is 5.29. The molecule has 2 atom stereocenters. The van der Waals surface area contributed by atoms with E-state index in [1.165, 1.54) is 12.8 Å². The molecule has 5 nitrogen and oxygen atoms in total. The molecule has 0 amide bonds. The van der Waals surface area contributed by atoms with Crippen molar-refractivity contribution in [3.63, 3.8) is 0 Å². The van der Waals surface area contributed by atoms with Crippen LogP contribution in [0.5, 0.6) is 5.75 Å². The minimum atomic E-state index is -3.86. The number of nitrogens with zero attached hydrogens (tertiary/aromatic N) is 1. The van der Waals surface area contributed by atoms with Crippen molar-refractivity contribution in [2.24, 2.45) is 11.8 Å². The molecule has 2 bridgehead atoms. The van der Waals surface area contributed by atoms with Gasteiger partial charge in [-0.3, -0.25) is 4.18 Å². The zero-order chi connectivity index (χ0) is 21.3. The van der Waals surface area contributed by atoms with Gasteiger partial charge in [0.25, 0.3) is 10.1 Å². The molecule has 2 aromatic carbocycles. The van der Waals surface area contributed by atoms with Gasteiger partial charge in [0.1, 0.15) is 11.9 Å². The molecule has 162 valence electrons. The number of hydrogen-bond donors (Lipinski definition) is 0. The number of hydrogen-bond acceptors (Lipinski definition) is 5. The molecule has 0 spiro atoms. The number of halogens is 1. The molecule has 3 heterocycles. The minimum absolute atomic E-state index is 0.204. The zero-order valence-corrected chi connectivity index (χ0v) is 20.4. The second-order valence-electron chi connectivity index (χ2n) is 8.38. The van der Waals surface area contributed by atoms with E-state index in [1.807, 2.05) is 25.1 Å². The third-order valence-corrected chi connectivity index (χ3v) is 8.59. The van der Waals surface area contributed by atoms with Crippen molar-refractivity contribution >= 4 is 32.7 Å². The lowest BCUT2D eigenvalue weighted by atomic mass is 9.76. The van der Waals surface area contributed by atoms with Crippen molar-refractivity contribution in [2.45, 2.75) is 37.2 Å². The first kappa shape index (κ1) is 22.0. The Balaban J connectivity index is 1.62. The van der Waals surface area contributed by atoms with Gasteiger partial charge >= 0.3 is 0 Å². The van der Waals surface area contributed by atoms with Crippen molar-refractivity contribution in [3.05, 3.63) is 57.2 Å². The Labute approximate surface area is 193 Å². The van der Waals surface area contributed by atoms with Crippen LogP contribution in [0.1, 0.15) is 36.5 Å². The Morgan fingerprint density at radius 1 is 1.13 bits per heavy atom. The molecule has 3 saturated heterocycles. The third-order valence-electron chi connectivity index (χ3n) is 6.41. The van der Waals surface area contributed by atoms with Gasteiger partial charge in [0.05, 0.1) is 15.6 Å². The third kappa shape index (κ3) is 4.84. The maximum absolute atomic E-state index is 13.1. The van der Waals surface area contributed by atoms with E-state index in [0.29, 0.717) is 18.3 Å². The Morgan fingerprint density at radius 2 is 1.83 bits per heavy atom. The normalized spacial score (nSPS) is 24.6. The first-order valence-electron chi connectivity index (χ1n) is 10.4. The fourth-order valence-electron chi connectivity index (χ4n) is 4.66. The lowest BCUT2D eigenvalue weighted by Gasteiger charge is -2.45. The highest BCUT2D eigenvalue weighted by molar-refractivity contribution is 14.1. The quantitative estimate of drug-likeness (QED) is 0.373.